The zero-order valence-corrected chi connectivity index (χ0v) is 20.2. The molecule has 1 heterocycles. The zero-order valence-electron chi connectivity index (χ0n) is 20.2. The molecule has 1 aliphatic rings. The molecule has 0 radical (unpaired) electrons. The highest BCUT2D eigenvalue weighted by molar-refractivity contribution is 6.46. The van der Waals surface area contributed by atoms with E-state index in [0.29, 0.717) is 48.8 Å². The van der Waals surface area contributed by atoms with Gasteiger partial charge in [0.2, 0.25) is 0 Å². The Kier molecular flexibility index (Phi) is 8.71. The number of rotatable bonds is 11. The van der Waals surface area contributed by atoms with E-state index >= 15 is 0 Å². The van der Waals surface area contributed by atoms with Gasteiger partial charge in [-0.15, -0.1) is 0 Å². The van der Waals surface area contributed by atoms with Crippen molar-refractivity contribution in [2.75, 3.05) is 26.9 Å². The summed E-state index contributed by atoms with van der Waals surface area (Å²) in [6.45, 7) is 7.30. The lowest BCUT2D eigenvalue weighted by Crippen LogP contribution is -2.31. The van der Waals surface area contributed by atoms with E-state index in [0.717, 1.165) is 6.42 Å². The third kappa shape index (κ3) is 5.78. The van der Waals surface area contributed by atoms with Gasteiger partial charge in [0.1, 0.15) is 17.3 Å². The van der Waals surface area contributed by atoms with Gasteiger partial charge in [-0.1, -0.05) is 19.1 Å². The van der Waals surface area contributed by atoms with Crippen molar-refractivity contribution in [3.8, 4) is 11.5 Å². The van der Waals surface area contributed by atoms with Gasteiger partial charge in [-0.25, -0.2) is 0 Å². The maximum absolute atomic E-state index is 13.1. The molecule has 3 rings (SSSR count). The number of hydrogen-bond donors (Lipinski definition) is 1. The van der Waals surface area contributed by atoms with E-state index in [-0.39, 0.29) is 17.4 Å². The van der Waals surface area contributed by atoms with E-state index in [9.17, 15) is 14.7 Å². The van der Waals surface area contributed by atoms with Crippen molar-refractivity contribution < 1.29 is 28.9 Å². The third-order valence-electron chi connectivity index (χ3n) is 5.57. The SMILES string of the molecule is CCCOc1ccc(/C(O)=C2/C(=O)C(=O)N(CCCOC(C)C)C2c2ccc(OC)cc2)cc1. The molecule has 0 aliphatic carbocycles. The number of aliphatic hydroxyl groups is 1. The molecule has 1 N–H and O–H groups in total. The molecule has 1 saturated heterocycles. The highest BCUT2D eigenvalue weighted by atomic mass is 16.5. The fraction of sp³-hybridized carbons (Fsp3) is 0.407. The van der Waals surface area contributed by atoms with Crippen LogP contribution in [0.15, 0.2) is 54.1 Å². The van der Waals surface area contributed by atoms with Crippen LogP contribution in [0.3, 0.4) is 0 Å². The molecule has 1 atom stereocenters. The third-order valence-corrected chi connectivity index (χ3v) is 5.57. The smallest absolute Gasteiger partial charge is 0.295 e. The Morgan fingerprint density at radius 3 is 2.24 bits per heavy atom. The lowest BCUT2D eigenvalue weighted by Gasteiger charge is -2.25. The van der Waals surface area contributed by atoms with E-state index < -0.39 is 17.7 Å². The van der Waals surface area contributed by atoms with Crippen LogP contribution in [0.2, 0.25) is 0 Å². The molecule has 0 aromatic heterocycles. The molecule has 1 aliphatic heterocycles. The standard InChI is InChI=1S/C27H33NO6/c1-5-16-34-22-13-9-20(10-14-22)25(29)23-24(19-7-11-21(32-4)12-8-19)28(27(31)26(23)30)15-6-17-33-18(2)3/h7-14,18,24,29H,5-6,15-17H2,1-4H3/b25-23-. The van der Waals surface area contributed by atoms with E-state index in [1.165, 1.54) is 4.90 Å². The fourth-order valence-electron chi connectivity index (χ4n) is 3.88. The van der Waals surface area contributed by atoms with Crippen LogP contribution in [-0.2, 0) is 14.3 Å². The minimum Gasteiger partial charge on any atom is -0.507 e. The second kappa shape index (κ2) is 11.7. The van der Waals surface area contributed by atoms with Crippen molar-refractivity contribution in [3.05, 3.63) is 65.2 Å². The number of benzene rings is 2. The summed E-state index contributed by atoms with van der Waals surface area (Å²) in [7, 11) is 1.57. The van der Waals surface area contributed by atoms with E-state index in [4.69, 9.17) is 14.2 Å². The lowest BCUT2D eigenvalue weighted by molar-refractivity contribution is -0.140. The summed E-state index contributed by atoms with van der Waals surface area (Å²) in [6, 6.07) is 13.3. The Bertz CT molecular complexity index is 1010. The molecule has 0 spiro atoms. The molecule has 2 aromatic carbocycles. The quantitative estimate of drug-likeness (QED) is 0.223. The second-order valence-electron chi connectivity index (χ2n) is 8.41. The first-order valence-corrected chi connectivity index (χ1v) is 11.6. The van der Waals surface area contributed by atoms with Crippen LogP contribution >= 0.6 is 0 Å². The number of likely N-dealkylation sites (tertiary alicyclic amines) is 1. The van der Waals surface area contributed by atoms with Gasteiger partial charge >= 0.3 is 0 Å². The number of hydrogen-bond acceptors (Lipinski definition) is 6. The van der Waals surface area contributed by atoms with Gasteiger partial charge in [0, 0.05) is 18.7 Å². The first-order chi connectivity index (χ1) is 16.4. The van der Waals surface area contributed by atoms with Crippen molar-refractivity contribution >= 4 is 17.4 Å². The predicted molar refractivity (Wildman–Crippen MR) is 130 cm³/mol. The minimum atomic E-state index is -0.707. The summed E-state index contributed by atoms with van der Waals surface area (Å²) in [5.74, 6) is -0.198. The number of aliphatic hydroxyl groups excluding tert-OH is 1. The number of ketones is 1. The molecule has 0 saturated carbocycles. The van der Waals surface area contributed by atoms with E-state index in [2.05, 4.69) is 0 Å². The molecule has 1 fully saturated rings. The largest absolute Gasteiger partial charge is 0.507 e. The van der Waals surface area contributed by atoms with Crippen LogP contribution in [0, 0.1) is 0 Å². The van der Waals surface area contributed by atoms with Crippen molar-refractivity contribution in [3.63, 3.8) is 0 Å². The second-order valence-corrected chi connectivity index (χ2v) is 8.41. The van der Waals surface area contributed by atoms with Gasteiger partial charge in [-0.2, -0.15) is 0 Å². The monoisotopic (exact) mass is 467 g/mol. The van der Waals surface area contributed by atoms with Gasteiger partial charge in [-0.05, 0) is 68.7 Å². The molecule has 7 nitrogen and oxygen atoms in total. The average molecular weight is 468 g/mol. The van der Waals surface area contributed by atoms with Crippen LogP contribution in [0.25, 0.3) is 5.76 Å². The molecule has 1 amide bonds. The Hall–Kier alpha value is -3.32. The Labute approximate surface area is 200 Å². The molecule has 34 heavy (non-hydrogen) atoms. The fourth-order valence-corrected chi connectivity index (χ4v) is 3.88. The molecular weight excluding hydrogens is 434 g/mol. The summed E-state index contributed by atoms with van der Waals surface area (Å²) in [6.07, 6.45) is 1.54. The van der Waals surface area contributed by atoms with Crippen molar-refractivity contribution in [2.45, 2.75) is 45.8 Å². The summed E-state index contributed by atoms with van der Waals surface area (Å²) < 4.78 is 16.5. The summed E-state index contributed by atoms with van der Waals surface area (Å²) in [5.41, 5.74) is 1.24. The van der Waals surface area contributed by atoms with Gasteiger partial charge in [0.05, 0.1) is 31.4 Å². The summed E-state index contributed by atoms with van der Waals surface area (Å²) in [4.78, 5) is 27.6. The normalized spacial score (nSPS) is 17.4. The van der Waals surface area contributed by atoms with Gasteiger partial charge in [0.15, 0.2) is 0 Å². The lowest BCUT2D eigenvalue weighted by atomic mass is 9.95. The maximum atomic E-state index is 13.1. The van der Waals surface area contributed by atoms with Crippen LogP contribution in [0.1, 0.15) is 50.8 Å². The molecule has 0 bridgehead atoms. The first-order valence-electron chi connectivity index (χ1n) is 11.6. The van der Waals surface area contributed by atoms with Crippen LogP contribution in [0.5, 0.6) is 11.5 Å². The summed E-state index contributed by atoms with van der Waals surface area (Å²) >= 11 is 0. The highest BCUT2D eigenvalue weighted by Crippen LogP contribution is 2.40. The number of carbonyl (C=O) groups is 2. The van der Waals surface area contributed by atoms with E-state index in [1.54, 1.807) is 43.5 Å². The summed E-state index contributed by atoms with van der Waals surface area (Å²) in [5, 5.41) is 11.2. The predicted octanol–water partition coefficient (Wildman–Crippen LogP) is 4.72. The van der Waals surface area contributed by atoms with Crippen molar-refractivity contribution in [2.24, 2.45) is 0 Å². The van der Waals surface area contributed by atoms with Crippen molar-refractivity contribution in [1.82, 2.24) is 4.90 Å². The number of nitrogens with zero attached hydrogens (tertiary/aromatic N) is 1. The van der Waals surface area contributed by atoms with Crippen molar-refractivity contribution in [1.29, 1.82) is 0 Å². The number of Topliss-reactive ketones (excluding diaryl/α,β-unsaturated/α-hetero) is 1. The van der Waals surface area contributed by atoms with Crippen LogP contribution < -0.4 is 9.47 Å². The first kappa shape index (κ1) is 25.3. The van der Waals surface area contributed by atoms with Crippen LogP contribution in [-0.4, -0.2) is 54.7 Å². The zero-order chi connectivity index (χ0) is 24.7. The van der Waals surface area contributed by atoms with Crippen LogP contribution in [0.4, 0.5) is 0 Å². The van der Waals surface area contributed by atoms with Gasteiger partial charge in [0.25, 0.3) is 11.7 Å². The molecule has 182 valence electrons. The number of carbonyl (C=O) groups excluding carboxylic acids is 2. The molecular formula is C27H33NO6. The highest BCUT2D eigenvalue weighted by Gasteiger charge is 2.45. The Morgan fingerprint density at radius 2 is 1.65 bits per heavy atom. The molecule has 1 unspecified atom stereocenters. The maximum Gasteiger partial charge on any atom is 0.295 e. The molecule has 7 heteroatoms. The van der Waals surface area contributed by atoms with Gasteiger partial charge in [-0.3, -0.25) is 9.59 Å². The minimum absolute atomic E-state index is 0.0715. The number of methoxy groups -OCH3 is 1. The Balaban J connectivity index is 1.98. The topological polar surface area (TPSA) is 85.3 Å². The Morgan fingerprint density at radius 1 is 1.00 bits per heavy atom. The van der Waals surface area contributed by atoms with E-state index in [1.807, 2.05) is 32.9 Å². The number of ether oxygens (including phenoxy) is 3. The van der Waals surface area contributed by atoms with Gasteiger partial charge < -0.3 is 24.2 Å². The number of amides is 1. The molecule has 2 aromatic rings. The average Bonchev–Trinajstić information content (AvgIpc) is 3.10.